The quantitative estimate of drug-likeness (QED) is 0.229. The summed E-state index contributed by atoms with van der Waals surface area (Å²) in [5, 5.41) is 8.42. The van der Waals surface area contributed by atoms with Crippen LogP contribution < -0.4 is 5.48 Å². The van der Waals surface area contributed by atoms with Crippen molar-refractivity contribution in [3.8, 4) is 0 Å². The molecule has 1 aromatic rings. The lowest BCUT2D eigenvalue weighted by molar-refractivity contribution is -0.137. The monoisotopic (exact) mass is 372 g/mol. The highest BCUT2D eigenvalue weighted by Gasteiger charge is 2.32. The molecule has 2 rings (SSSR count). The summed E-state index contributed by atoms with van der Waals surface area (Å²) in [6.45, 7) is 4.67. The molecule has 0 bridgehead atoms. The van der Waals surface area contributed by atoms with Gasteiger partial charge in [0.25, 0.3) is 5.91 Å². The minimum Gasteiger partial charge on any atom is -0.289 e. The Morgan fingerprint density at radius 3 is 2.44 bits per heavy atom. The number of hydrogen-bond acceptors (Lipinski definition) is 4. The molecule has 0 radical (unpaired) electrons. The molecule has 6 nitrogen and oxygen atoms in total. The van der Waals surface area contributed by atoms with Crippen LogP contribution in [0.4, 0.5) is 0 Å². The second-order valence-corrected chi connectivity index (χ2v) is 7.22. The van der Waals surface area contributed by atoms with Gasteiger partial charge < -0.3 is 0 Å². The zero-order chi connectivity index (χ0) is 19.8. The maximum Gasteiger partial charge on any atom is 0.256 e. The van der Waals surface area contributed by atoms with E-state index in [9.17, 15) is 14.4 Å². The van der Waals surface area contributed by atoms with Crippen molar-refractivity contribution in [2.24, 2.45) is 0 Å². The Balaban J connectivity index is 1.84. The molecular formula is C21H28N2O4. The lowest BCUT2D eigenvalue weighted by atomic mass is 10.0. The number of unbranched alkanes of at least 4 members (excludes halogenated alkanes) is 3. The summed E-state index contributed by atoms with van der Waals surface area (Å²) >= 11 is 0. The molecule has 0 unspecified atom stereocenters. The summed E-state index contributed by atoms with van der Waals surface area (Å²) in [6.07, 6.45) is 5.26. The number of hydrogen-bond donors (Lipinski definition) is 2. The number of rotatable bonds is 9. The minimum absolute atomic E-state index is 0.148. The Kier molecular flexibility index (Phi) is 7.73. The molecule has 0 aromatic heterocycles. The van der Waals surface area contributed by atoms with Crippen molar-refractivity contribution in [1.82, 2.24) is 10.4 Å². The van der Waals surface area contributed by atoms with Crippen LogP contribution in [0.5, 0.6) is 0 Å². The molecule has 1 saturated heterocycles. The van der Waals surface area contributed by atoms with Crippen molar-refractivity contribution in [2.75, 3.05) is 6.54 Å². The molecule has 0 saturated carbocycles. The number of amides is 3. The first-order chi connectivity index (χ1) is 12.9. The molecule has 3 amide bonds. The molecule has 0 aliphatic carbocycles. The van der Waals surface area contributed by atoms with Gasteiger partial charge in [-0.05, 0) is 36.0 Å². The van der Waals surface area contributed by atoms with Gasteiger partial charge >= 0.3 is 0 Å². The maximum atomic E-state index is 12.5. The largest absolute Gasteiger partial charge is 0.289 e. The van der Waals surface area contributed by atoms with Crippen molar-refractivity contribution >= 4 is 23.8 Å². The lowest BCUT2D eigenvalue weighted by Crippen LogP contribution is -2.30. The third kappa shape index (κ3) is 6.03. The summed E-state index contributed by atoms with van der Waals surface area (Å²) in [6, 6.07) is 8.05. The van der Waals surface area contributed by atoms with Crippen LogP contribution in [0.25, 0.3) is 6.08 Å². The first-order valence-corrected chi connectivity index (χ1v) is 9.50. The van der Waals surface area contributed by atoms with Gasteiger partial charge in [-0.15, -0.1) is 0 Å². The SMILES string of the molecule is CC(C)c1ccc(/C=C2\CC(=O)N(CCCCCCC(=O)NO)C2=O)cc1. The van der Waals surface area contributed by atoms with Gasteiger partial charge in [-0.2, -0.15) is 0 Å². The third-order valence-electron chi connectivity index (χ3n) is 4.77. The fourth-order valence-corrected chi connectivity index (χ4v) is 3.10. The third-order valence-corrected chi connectivity index (χ3v) is 4.77. The predicted molar refractivity (Wildman–Crippen MR) is 103 cm³/mol. The van der Waals surface area contributed by atoms with Crippen molar-refractivity contribution < 1.29 is 19.6 Å². The summed E-state index contributed by atoms with van der Waals surface area (Å²) in [5.74, 6) is -0.289. The number of hydroxylamine groups is 1. The summed E-state index contributed by atoms with van der Waals surface area (Å²) in [5.41, 5.74) is 4.31. The van der Waals surface area contributed by atoms with Crippen LogP contribution in [0.2, 0.25) is 0 Å². The van der Waals surface area contributed by atoms with Crippen LogP contribution in [-0.4, -0.2) is 34.4 Å². The molecule has 0 atom stereocenters. The van der Waals surface area contributed by atoms with E-state index in [-0.39, 0.29) is 24.7 Å². The summed E-state index contributed by atoms with van der Waals surface area (Å²) < 4.78 is 0. The number of likely N-dealkylation sites (tertiary alicyclic amines) is 1. The van der Waals surface area contributed by atoms with Gasteiger partial charge in [-0.1, -0.05) is 51.0 Å². The van der Waals surface area contributed by atoms with Gasteiger partial charge in [0.2, 0.25) is 11.8 Å². The van der Waals surface area contributed by atoms with E-state index >= 15 is 0 Å². The zero-order valence-electron chi connectivity index (χ0n) is 16.0. The van der Waals surface area contributed by atoms with Crippen LogP contribution in [0.15, 0.2) is 29.8 Å². The van der Waals surface area contributed by atoms with E-state index in [1.807, 2.05) is 24.3 Å². The van der Waals surface area contributed by atoms with E-state index in [1.54, 1.807) is 11.6 Å². The van der Waals surface area contributed by atoms with E-state index in [4.69, 9.17) is 5.21 Å². The van der Waals surface area contributed by atoms with Gasteiger partial charge in [0.1, 0.15) is 0 Å². The Morgan fingerprint density at radius 2 is 1.81 bits per heavy atom. The highest BCUT2D eigenvalue weighted by atomic mass is 16.5. The standard InChI is InChI=1S/C21H28N2O4/c1-15(2)17-10-8-16(9-11-17)13-18-14-20(25)23(21(18)26)12-6-4-3-5-7-19(24)22-27/h8-11,13,15,27H,3-7,12,14H2,1-2H3,(H,22,24)/b18-13+. The van der Waals surface area contributed by atoms with Gasteiger partial charge in [0.05, 0.1) is 6.42 Å². The summed E-state index contributed by atoms with van der Waals surface area (Å²) in [4.78, 5) is 36.9. The first kappa shape index (κ1) is 20.8. The number of carbonyl (C=O) groups excluding carboxylic acids is 3. The van der Waals surface area contributed by atoms with E-state index in [2.05, 4.69) is 13.8 Å². The van der Waals surface area contributed by atoms with E-state index in [0.29, 0.717) is 30.9 Å². The van der Waals surface area contributed by atoms with Gasteiger partial charge in [0, 0.05) is 18.5 Å². The Labute approximate surface area is 160 Å². The highest BCUT2D eigenvalue weighted by Crippen LogP contribution is 2.23. The number of carbonyl (C=O) groups is 3. The van der Waals surface area contributed by atoms with Gasteiger partial charge in [0.15, 0.2) is 0 Å². The lowest BCUT2D eigenvalue weighted by Gasteiger charge is -2.13. The molecule has 0 spiro atoms. The van der Waals surface area contributed by atoms with Crippen LogP contribution in [-0.2, 0) is 14.4 Å². The fourth-order valence-electron chi connectivity index (χ4n) is 3.10. The van der Waals surface area contributed by atoms with Crippen molar-refractivity contribution in [3.63, 3.8) is 0 Å². The molecule has 1 heterocycles. The molecule has 1 aliphatic rings. The van der Waals surface area contributed by atoms with Gasteiger partial charge in [-0.25, -0.2) is 5.48 Å². The van der Waals surface area contributed by atoms with E-state index in [1.165, 1.54) is 10.5 Å². The fraction of sp³-hybridized carbons (Fsp3) is 0.476. The van der Waals surface area contributed by atoms with E-state index in [0.717, 1.165) is 18.4 Å². The van der Waals surface area contributed by atoms with Crippen molar-refractivity contribution in [1.29, 1.82) is 0 Å². The molecule has 146 valence electrons. The average Bonchev–Trinajstić information content (AvgIpc) is 2.91. The van der Waals surface area contributed by atoms with Gasteiger partial charge in [-0.3, -0.25) is 24.5 Å². The predicted octanol–water partition coefficient (Wildman–Crippen LogP) is 3.41. The summed E-state index contributed by atoms with van der Waals surface area (Å²) in [7, 11) is 0. The normalized spacial score (nSPS) is 15.9. The second-order valence-electron chi connectivity index (χ2n) is 7.22. The second kappa shape index (κ2) is 10.0. The molecule has 27 heavy (non-hydrogen) atoms. The molecule has 6 heteroatoms. The Morgan fingerprint density at radius 1 is 1.15 bits per heavy atom. The Hall–Kier alpha value is -2.47. The molecule has 1 fully saturated rings. The van der Waals surface area contributed by atoms with Crippen LogP contribution in [0.3, 0.4) is 0 Å². The molecule has 2 N–H and O–H groups in total. The van der Waals surface area contributed by atoms with E-state index < -0.39 is 5.91 Å². The molecular weight excluding hydrogens is 344 g/mol. The number of nitrogens with one attached hydrogen (secondary N) is 1. The average molecular weight is 372 g/mol. The maximum absolute atomic E-state index is 12.5. The van der Waals surface area contributed by atoms with Crippen LogP contribution in [0, 0.1) is 0 Å². The Bertz CT molecular complexity index is 707. The smallest absolute Gasteiger partial charge is 0.256 e. The number of benzene rings is 1. The first-order valence-electron chi connectivity index (χ1n) is 9.50. The van der Waals surface area contributed by atoms with Crippen molar-refractivity contribution in [2.45, 2.75) is 58.3 Å². The van der Waals surface area contributed by atoms with Crippen LogP contribution >= 0.6 is 0 Å². The zero-order valence-corrected chi connectivity index (χ0v) is 16.0. The number of imide groups is 1. The molecule has 1 aromatic carbocycles. The topological polar surface area (TPSA) is 86.7 Å². The van der Waals surface area contributed by atoms with Crippen molar-refractivity contribution in [3.05, 3.63) is 41.0 Å². The minimum atomic E-state index is -0.392. The van der Waals surface area contributed by atoms with Crippen LogP contribution in [0.1, 0.15) is 69.4 Å². The number of nitrogens with zero attached hydrogens (tertiary/aromatic N) is 1. The highest BCUT2D eigenvalue weighted by molar-refractivity contribution is 6.15. The molecule has 1 aliphatic heterocycles.